The summed E-state index contributed by atoms with van der Waals surface area (Å²) in [6.45, 7) is 3.71. The summed E-state index contributed by atoms with van der Waals surface area (Å²) in [4.78, 5) is 30.8. The van der Waals surface area contributed by atoms with Gasteiger partial charge < -0.3 is 15.4 Å². The van der Waals surface area contributed by atoms with Gasteiger partial charge in [0.2, 0.25) is 5.95 Å². The van der Waals surface area contributed by atoms with E-state index in [-0.39, 0.29) is 24.1 Å². The zero-order valence-corrected chi connectivity index (χ0v) is 18.6. The van der Waals surface area contributed by atoms with Crippen molar-refractivity contribution < 1.29 is 13.9 Å². The quantitative estimate of drug-likeness (QED) is 0.641. The van der Waals surface area contributed by atoms with Crippen LogP contribution in [0, 0.1) is 5.82 Å². The van der Waals surface area contributed by atoms with Gasteiger partial charge in [0.05, 0.1) is 24.9 Å². The summed E-state index contributed by atoms with van der Waals surface area (Å²) in [5, 5.41) is 0. The van der Waals surface area contributed by atoms with E-state index in [0.29, 0.717) is 47.3 Å². The van der Waals surface area contributed by atoms with Crippen LogP contribution in [0.5, 0.6) is 5.75 Å². The van der Waals surface area contributed by atoms with Crippen LogP contribution < -0.4 is 20.3 Å². The summed E-state index contributed by atoms with van der Waals surface area (Å²) in [6, 6.07) is 8.20. The molecular formula is C24H25FN6O2. The fourth-order valence-electron chi connectivity index (χ4n) is 4.43. The van der Waals surface area contributed by atoms with Crippen LogP contribution in [0.2, 0.25) is 0 Å². The van der Waals surface area contributed by atoms with Gasteiger partial charge in [0.25, 0.3) is 5.91 Å². The van der Waals surface area contributed by atoms with Crippen LogP contribution in [0.1, 0.15) is 35.0 Å². The topological polar surface area (TPSA) is 97.5 Å². The maximum absolute atomic E-state index is 14.8. The SMILES string of the molecule is CCc1cc(N2Cc3c(ccnc3-c3c(F)cccc3OC)C2=O)nc(N2CCC(N)C2)n1. The predicted molar refractivity (Wildman–Crippen MR) is 123 cm³/mol. The maximum Gasteiger partial charge on any atom is 0.260 e. The highest BCUT2D eigenvalue weighted by molar-refractivity contribution is 6.10. The number of hydrogen-bond acceptors (Lipinski definition) is 7. The Morgan fingerprint density at radius 1 is 1.27 bits per heavy atom. The van der Waals surface area contributed by atoms with E-state index < -0.39 is 5.82 Å². The second-order valence-electron chi connectivity index (χ2n) is 8.26. The number of nitrogens with two attached hydrogens (primary N) is 1. The molecule has 3 aromatic rings. The Hall–Kier alpha value is -3.59. The number of nitrogens with zero attached hydrogens (tertiary/aromatic N) is 5. The Kier molecular flexibility index (Phi) is 5.41. The van der Waals surface area contributed by atoms with Crippen molar-refractivity contribution in [3.8, 4) is 17.0 Å². The number of anilines is 2. The molecule has 170 valence electrons. The minimum absolute atomic E-state index is 0.0874. The Balaban J connectivity index is 1.56. The maximum atomic E-state index is 14.8. The molecule has 1 atom stereocenters. The van der Waals surface area contributed by atoms with E-state index in [1.165, 1.54) is 19.4 Å². The minimum atomic E-state index is -0.455. The van der Waals surface area contributed by atoms with Crippen LogP contribution in [-0.4, -0.2) is 47.1 Å². The molecule has 2 aliphatic rings. The molecule has 0 radical (unpaired) electrons. The number of hydrogen-bond donors (Lipinski definition) is 1. The fourth-order valence-corrected chi connectivity index (χ4v) is 4.43. The molecule has 1 fully saturated rings. The average molecular weight is 449 g/mol. The molecule has 5 rings (SSSR count). The first-order chi connectivity index (χ1) is 16.0. The number of pyridine rings is 1. The van der Waals surface area contributed by atoms with E-state index in [9.17, 15) is 9.18 Å². The molecule has 2 N–H and O–H groups in total. The predicted octanol–water partition coefficient (Wildman–Crippen LogP) is 2.95. The van der Waals surface area contributed by atoms with Gasteiger partial charge in [-0.05, 0) is 31.0 Å². The molecule has 33 heavy (non-hydrogen) atoms. The van der Waals surface area contributed by atoms with Crippen LogP contribution in [-0.2, 0) is 13.0 Å². The van der Waals surface area contributed by atoms with Crippen molar-refractivity contribution in [1.29, 1.82) is 0 Å². The van der Waals surface area contributed by atoms with Crippen LogP contribution in [0.4, 0.5) is 16.2 Å². The lowest BCUT2D eigenvalue weighted by Crippen LogP contribution is -2.29. The van der Waals surface area contributed by atoms with Crippen molar-refractivity contribution in [2.75, 3.05) is 30.0 Å². The summed E-state index contributed by atoms with van der Waals surface area (Å²) in [7, 11) is 1.48. The third-order valence-corrected chi connectivity index (χ3v) is 6.18. The number of ether oxygens (including phenoxy) is 1. The molecule has 1 amide bonds. The number of methoxy groups -OCH3 is 1. The lowest BCUT2D eigenvalue weighted by Gasteiger charge is -2.21. The van der Waals surface area contributed by atoms with E-state index >= 15 is 0 Å². The van der Waals surface area contributed by atoms with Gasteiger partial charge in [-0.2, -0.15) is 4.98 Å². The highest BCUT2D eigenvalue weighted by Gasteiger charge is 2.34. The number of amides is 1. The van der Waals surface area contributed by atoms with Crippen molar-refractivity contribution in [2.45, 2.75) is 32.4 Å². The minimum Gasteiger partial charge on any atom is -0.496 e. The third-order valence-electron chi connectivity index (χ3n) is 6.18. The smallest absolute Gasteiger partial charge is 0.260 e. The van der Waals surface area contributed by atoms with Gasteiger partial charge in [0.15, 0.2) is 0 Å². The van der Waals surface area contributed by atoms with Gasteiger partial charge in [-0.15, -0.1) is 0 Å². The van der Waals surface area contributed by atoms with Crippen LogP contribution in [0.3, 0.4) is 0 Å². The van der Waals surface area contributed by atoms with Gasteiger partial charge in [-0.3, -0.25) is 14.7 Å². The number of fused-ring (bicyclic) bond motifs is 1. The Labute approximate surface area is 191 Å². The van der Waals surface area contributed by atoms with Crippen molar-refractivity contribution >= 4 is 17.7 Å². The standard InChI is InChI=1S/C24H25FN6O2/c1-3-15-11-20(29-24(28-15)30-10-8-14(26)12-30)31-13-17-16(23(31)32)7-9-27-22(17)21-18(25)5-4-6-19(21)33-2/h4-7,9,11,14H,3,8,10,12-13,26H2,1-2H3. The summed E-state index contributed by atoms with van der Waals surface area (Å²) >= 11 is 0. The normalized spacial score (nSPS) is 17.6. The molecule has 2 aliphatic heterocycles. The Bertz CT molecular complexity index is 1230. The molecule has 4 heterocycles. The fraction of sp³-hybridized carbons (Fsp3) is 0.333. The second kappa shape index (κ2) is 8.40. The van der Waals surface area contributed by atoms with E-state index in [2.05, 4.69) is 14.9 Å². The summed E-state index contributed by atoms with van der Waals surface area (Å²) in [6.07, 6.45) is 3.11. The van der Waals surface area contributed by atoms with Gasteiger partial charge in [-0.1, -0.05) is 13.0 Å². The molecule has 8 nitrogen and oxygen atoms in total. The molecule has 9 heteroatoms. The van der Waals surface area contributed by atoms with Crippen LogP contribution in [0.25, 0.3) is 11.3 Å². The first-order valence-corrected chi connectivity index (χ1v) is 11.0. The number of benzene rings is 1. The highest BCUT2D eigenvalue weighted by Crippen LogP contribution is 2.38. The molecule has 0 spiro atoms. The Morgan fingerprint density at radius 2 is 2.12 bits per heavy atom. The van der Waals surface area contributed by atoms with E-state index in [1.54, 1.807) is 23.1 Å². The van der Waals surface area contributed by atoms with E-state index in [0.717, 1.165) is 18.7 Å². The van der Waals surface area contributed by atoms with Crippen molar-refractivity contribution in [1.82, 2.24) is 15.0 Å². The first-order valence-electron chi connectivity index (χ1n) is 11.0. The highest BCUT2D eigenvalue weighted by atomic mass is 19.1. The number of carbonyl (C=O) groups is 1. The van der Waals surface area contributed by atoms with Crippen molar-refractivity contribution in [3.63, 3.8) is 0 Å². The van der Waals surface area contributed by atoms with Crippen LogP contribution >= 0.6 is 0 Å². The largest absolute Gasteiger partial charge is 0.496 e. The lowest BCUT2D eigenvalue weighted by atomic mass is 10.0. The summed E-state index contributed by atoms with van der Waals surface area (Å²) in [5.41, 5.74) is 8.68. The molecule has 1 saturated heterocycles. The molecule has 0 saturated carbocycles. The van der Waals surface area contributed by atoms with Crippen molar-refractivity contribution in [3.05, 3.63) is 59.2 Å². The monoisotopic (exact) mass is 448 g/mol. The number of aromatic nitrogens is 3. The lowest BCUT2D eigenvalue weighted by molar-refractivity contribution is 0.0996. The van der Waals surface area contributed by atoms with E-state index in [1.807, 2.05) is 13.0 Å². The van der Waals surface area contributed by atoms with Crippen molar-refractivity contribution in [2.24, 2.45) is 5.73 Å². The molecule has 1 aromatic carbocycles. The number of rotatable bonds is 5. The third kappa shape index (κ3) is 3.68. The number of carbonyl (C=O) groups excluding carboxylic acids is 1. The number of aryl methyl sites for hydroxylation is 1. The molecule has 0 aliphatic carbocycles. The second-order valence-corrected chi connectivity index (χ2v) is 8.26. The molecule has 2 aromatic heterocycles. The Morgan fingerprint density at radius 3 is 2.85 bits per heavy atom. The zero-order valence-electron chi connectivity index (χ0n) is 18.6. The summed E-state index contributed by atoms with van der Waals surface area (Å²) < 4.78 is 20.2. The van der Waals surface area contributed by atoms with Gasteiger partial charge in [0, 0.05) is 48.2 Å². The zero-order chi connectivity index (χ0) is 23.1. The van der Waals surface area contributed by atoms with Gasteiger partial charge >= 0.3 is 0 Å². The number of halogens is 1. The summed E-state index contributed by atoms with van der Waals surface area (Å²) in [5.74, 6) is 0.808. The van der Waals surface area contributed by atoms with Crippen LogP contribution in [0.15, 0.2) is 36.5 Å². The van der Waals surface area contributed by atoms with Gasteiger partial charge in [-0.25, -0.2) is 9.37 Å². The molecule has 1 unspecified atom stereocenters. The first kappa shape index (κ1) is 21.3. The van der Waals surface area contributed by atoms with E-state index in [4.69, 9.17) is 15.5 Å². The molecule has 0 bridgehead atoms. The molecular weight excluding hydrogens is 423 g/mol. The van der Waals surface area contributed by atoms with Gasteiger partial charge in [0.1, 0.15) is 17.4 Å². The average Bonchev–Trinajstić information content (AvgIpc) is 3.42.